The maximum atomic E-state index is 12.3. The Bertz CT molecular complexity index is 1290. The van der Waals surface area contributed by atoms with Crippen LogP contribution in [0.3, 0.4) is 0 Å². The Kier molecular flexibility index (Phi) is 3.72. The number of para-hydroxylation sites is 4. The predicted octanol–water partition coefficient (Wildman–Crippen LogP) is 3.92. The third-order valence-electron chi connectivity index (χ3n) is 4.19. The van der Waals surface area contributed by atoms with Crippen LogP contribution in [-0.2, 0) is 0 Å². The van der Waals surface area contributed by atoms with Crippen molar-refractivity contribution in [3.63, 3.8) is 0 Å². The molecule has 0 aliphatic rings. The monoisotopic (exact) mass is 371 g/mol. The second kappa shape index (κ2) is 6.51. The standard InChI is InChI=1S/C20H13N5O3/c26-19(17-10-5-11-27-17)22-14-7-2-4-9-16(14)28-20-18-24-21-12-25(18)15-8-3-1-6-13(15)23-20/h1-12H,(H,22,26). The summed E-state index contributed by atoms with van der Waals surface area (Å²) >= 11 is 0. The van der Waals surface area contributed by atoms with Crippen LogP contribution in [0.15, 0.2) is 77.7 Å². The second-order valence-electron chi connectivity index (χ2n) is 5.96. The number of carbonyl (C=O) groups excluding carboxylic acids is 1. The third kappa shape index (κ3) is 2.73. The Morgan fingerprint density at radius 2 is 1.89 bits per heavy atom. The highest BCUT2D eigenvalue weighted by Gasteiger charge is 2.16. The van der Waals surface area contributed by atoms with Crippen LogP contribution in [0.2, 0.25) is 0 Å². The first-order valence-electron chi connectivity index (χ1n) is 8.50. The number of fused-ring (bicyclic) bond motifs is 3. The molecule has 3 heterocycles. The number of hydrogen-bond acceptors (Lipinski definition) is 6. The molecule has 0 fully saturated rings. The van der Waals surface area contributed by atoms with Crippen LogP contribution in [0.25, 0.3) is 16.7 Å². The number of anilines is 1. The van der Waals surface area contributed by atoms with E-state index >= 15 is 0 Å². The second-order valence-corrected chi connectivity index (χ2v) is 5.96. The van der Waals surface area contributed by atoms with Gasteiger partial charge in [0.2, 0.25) is 5.65 Å². The van der Waals surface area contributed by atoms with E-state index < -0.39 is 0 Å². The maximum absolute atomic E-state index is 12.3. The fourth-order valence-corrected chi connectivity index (χ4v) is 2.90. The number of amides is 1. The van der Waals surface area contributed by atoms with Gasteiger partial charge in [-0.3, -0.25) is 9.20 Å². The number of aromatic nitrogens is 4. The molecule has 5 aromatic rings. The Labute approximate surface area is 158 Å². The molecule has 8 nitrogen and oxygen atoms in total. The normalized spacial score (nSPS) is 11.0. The van der Waals surface area contributed by atoms with Crippen molar-refractivity contribution in [3.8, 4) is 11.6 Å². The van der Waals surface area contributed by atoms with Crippen molar-refractivity contribution in [1.29, 1.82) is 0 Å². The zero-order chi connectivity index (χ0) is 18.9. The van der Waals surface area contributed by atoms with Crippen molar-refractivity contribution < 1.29 is 13.9 Å². The molecule has 5 rings (SSSR count). The largest absolute Gasteiger partial charge is 0.459 e. The van der Waals surface area contributed by atoms with Crippen LogP contribution in [0.5, 0.6) is 11.6 Å². The van der Waals surface area contributed by atoms with Gasteiger partial charge in [0.05, 0.1) is 23.0 Å². The smallest absolute Gasteiger partial charge is 0.291 e. The van der Waals surface area contributed by atoms with E-state index in [9.17, 15) is 4.79 Å². The van der Waals surface area contributed by atoms with Gasteiger partial charge in [0, 0.05) is 0 Å². The van der Waals surface area contributed by atoms with Gasteiger partial charge in [0.25, 0.3) is 11.8 Å². The van der Waals surface area contributed by atoms with Gasteiger partial charge in [-0.25, -0.2) is 4.98 Å². The minimum Gasteiger partial charge on any atom is -0.459 e. The van der Waals surface area contributed by atoms with E-state index in [4.69, 9.17) is 9.15 Å². The molecule has 28 heavy (non-hydrogen) atoms. The van der Waals surface area contributed by atoms with Crippen molar-refractivity contribution >= 4 is 28.3 Å². The molecule has 1 amide bonds. The number of benzene rings is 2. The average Bonchev–Trinajstić information content (AvgIpc) is 3.42. The molecule has 0 radical (unpaired) electrons. The van der Waals surface area contributed by atoms with Crippen LogP contribution < -0.4 is 10.1 Å². The number of furan rings is 1. The molecule has 8 heteroatoms. The van der Waals surface area contributed by atoms with Gasteiger partial charge < -0.3 is 14.5 Å². The zero-order valence-corrected chi connectivity index (χ0v) is 14.4. The van der Waals surface area contributed by atoms with Crippen molar-refractivity contribution in [2.45, 2.75) is 0 Å². The Morgan fingerprint density at radius 3 is 2.79 bits per heavy atom. The molecule has 3 aromatic heterocycles. The molecule has 0 saturated heterocycles. The van der Waals surface area contributed by atoms with Gasteiger partial charge >= 0.3 is 0 Å². The van der Waals surface area contributed by atoms with Crippen molar-refractivity contribution in [2.75, 3.05) is 5.32 Å². The van der Waals surface area contributed by atoms with Gasteiger partial charge in [0.1, 0.15) is 6.33 Å². The van der Waals surface area contributed by atoms with Crippen LogP contribution in [0.4, 0.5) is 5.69 Å². The van der Waals surface area contributed by atoms with E-state index in [1.807, 2.05) is 28.7 Å². The summed E-state index contributed by atoms with van der Waals surface area (Å²) in [5.74, 6) is 0.546. The van der Waals surface area contributed by atoms with Crippen molar-refractivity contribution in [1.82, 2.24) is 19.6 Å². The van der Waals surface area contributed by atoms with E-state index in [1.54, 1.807) is 42.7 Å². The Hall–Kier alpha value is -4.20. The lowest BCUT2D eigenvalue weighted by atomic mass is 10.2. The third-order valence-corrected chi connectivity index (χ3v) is 4.19. The van der Waals surface area contributed by atoms with Crippen LogP contribution in [-0.4, -0.2) is 25.5 Å². The summed E-state index contributed by atoms with van der Waals surface area (Å²) in [6, 6.07) is 17.9. The molecule has 2 aromatic carbocycles. The average molecular weight is 371 g/mol. The summed E-state index contributed by atoms with van der Waals surface area (Å²) in [4.78, 5) is 16.9. The fourth-order valence-electron chi connectivity index (χ4n) is 2.90. The van der Waals surface area contributed by atoms with E-state index in [-0.39, 0.29) is 17.5 Å². The number of ether oxygens (including phenoxy) is 1. The van der Waals surface area contributed by atoms with Gasteiger partial charge in [-0.15, -0.1) is 10.2 Å². The SMILES string of the molecule is O=C(Nc1ccccc1Oc1nc2ccccc2n2cnnc12)c1ccco1. The summed E-state index contributed by atoms with van der Waals surface area (Å²) in [5.41, 5.74) is 2.57. The minimum absolute atomic E-state index is 0.207. The van der Waals surface area contributed by atoms with Crippen molar-refractivity contribution in [2.24, 2.45) is 0 Å². The molecule has 0 aliphatic heterocycles. The highest BCUT2D eigenvalue weighted by molar-refractivity contribution is 6.03. The maximum Gasteiger partial charge on any atom is 0.291 e. The molecule has 0 atom stereocenters. The summed E-state index contributed by atoms with van der Waals surface area (Å²) in [5, 5.41) is 10.9. The molecule has 0 bridgehead atoms. The minimum atomic E-state index is -0.375. The first-order chi connectivity index (χ1) is 13.8. The summed E-state index contributed by atoms with van der Waals surface area (Å²) in [6.45, 7) is 0. The van der Waals surface area contributed by atoms with Crippen LogP contribution >= 0.6 is 0 Å². The molecular weight excluding hydrogens is 358 g/mol. The topological polar surface area (TPSA) is 94.5 Å². The molecule has 0 aliphatic carbocycles. The number of carbonyl (C=O) groups is 1. The van der Waals surface area contributed by atoms with E-state index in [0.29, 0.717) is 17.1 Å². The highest BCUT2D eigenvalue weighted by atomic mass is 16.5. The Morgan fingerprint density at radius 1 is 1.04 bits per heavy atom. The lowest BCUT2D eigenvalue weighted by molar-refractivity contribution is 0.0996. The lowest BCUT2D eigenvalue weighted by Gasteiger charge is -2.12. The summed E-state index contributed by atoms with van der Waals surface area (Å²) in [6.07, 6.45) is 3.05. The number of rotatable bonds is 4. The van der Waals surface area contributed by atoms with E-state index in [1.165, 1.54) is 6.26 Å². The fraction of sp³-hybridized carbons (Fsp3) is 0. The predicted molar refractivity (Wildman–Crippen MR) is 101 cm³/mol. The van der Waals surface area contributed by atoms with Gasteiger partial charge in [-0.1, -0.05) is 24.3 Å². The van der Waals surface area contributed by atoms with E-state index in [2.05, 4.69) is 20.5 Å². The first kappa shape index (κ1) is 16.0. The van der Waals surface area contributed by atoms with Gasteiger partial charge in [-0.2, -0.15) is 0 Å². The molecule has 0 spiro atoms. The Balaban J connectivity index is 1.55. The molecule has 136 valence electrons. The number of nitrogens with one attached hydrogen (secondary N) is 1. The molecular formula is C20H13N5O3. The number of hydrogen-bond donors (Lipinski definition) is 1. The number of nitrogens with zero attached hydrogens (tertiary/aromatic N) is 4. The zero-order valence-electron chi connectivity index (χ0n) is 14.4. The van der Waals surface area contributed by atoms with E-state index in [0.717, 1.165) is 11.0 Å². The molecule has 0 unspecified atom stereocenters. The van der Waals surface area contributed by atoms with Crippen LogP contribution in [0, 0.1) is 0 Å². The lowest BCUT2D eigenvalue weighted by Crippen LogP contribution is -2.11. The van der Waals surface area contributed by atoms with Gasteiger partial charge in [0.15, 0.2) is 11.5 Å². The quantitative estimate of drug-likeness (QED) is 0.515. The molecule has 0 saturated carbocycles. The first-order valence-corrected chi connectivity index (χ1v) is 8.50. The van der Waals surface area contributed by atoms with Crippen molar-refractivity contribution in [3.05, 3.63) is 79.0 Å². The summed E-state index contributed by atoms with van der Waals surface area (Å²) < 4.78 is 13.0. The molecule has 1 N–H and O–H groups in total. The highest BCUT2D eigenvalue weighted by Crippen LogP contribution is 2.31. The van der Waals surface area contributed by atoms with Gasteiger partial charge in [-0.05, 0) is 36.4 Å². The summed E-state index contributed by atoms with van der Waals surface area (Å²) in [7, 11) is 0. The van der Waals surface area contributed by atoms with Crippen LogP contribution in [0.1, 0.15) is 10.6 Å².